The average Bonchev–Trinajstić information content (AvgIpc) is 2.72. The molecule has 0 radical (unpaired) electrons. The SMILES string of the molecule is CC(C)C(=O)c1cc(CNc2ccccc2)cc(C(=O)Nc2cccc(N)c2)c1. The number of hydrogen-bond acceptors (Lipinski definition) is 4. The number of Topliss-reactive ketones (excluding diaryl/α,β-unsaturated/α-hetero) is 1. The van der Waals surface area contributed by atoms with E-state index >= 15 is 0 Å². The van der Waals surface area contributed by atoms with Crippen LogP contribution in [0, 0.1) is 5.92 Å². The third kappa shape index (κ3) is 5.45. The van der Waals surface area contributed by atoms with E-state index < -0.39 is 0 Å². The summed E-state index contributed by atoms with van der Waals surface area (Å²) in [7, 11) is 0. The lowest BCUT2D eigenvalue weighted by molar-refractivity contribution is 0.0939. The number of carbonyl (C=O) groups is 2. The molecule has 29 heavy (non-hydrogen) atoms. The highest BCUT2D eigenvalue weighted by atomic mass is 16.1. The van der Waals surface area contributed by atoms with Crippen LogP contribution in [0.3, 0.4) is 0 Å². The Labute approximate surface area is 170 Å². The van der Waals surface area contributed by atoms with Crippen LogP contribution in [0.15, 0.2) is 72.8 Å². The van der Waals surface area contributed by atoms with Crippen LogP contribution in [0.25, 0.3) is 0 Å². The second-order valence-electron chi connectivity index (χ2n) is 7.24. The minimum Gasteiger partial charge on any atom is -0.399 e. The number of anilines is 3. The third-order valence-corrected chi connectivity index (χ3v) is 4.48. The monoisotopic (exact) mass is 387 g/mol. The molecule has 3 aromatic carbocycles. The van der Waals surface area contributed by atoms with E-state index in [9.17, 15) is 9.59 Å². The van der Waals surface area contributed by atoms with Gasteiger partial charge in [0.1, 0.15) is 0 Å². The lowest BCUT2D eigenvalue weighted by Gasteiger charge is -2.13. The van der Waals surface area contributed by atoms with Crippen molar-refractivity contribution in [2.45, 2.75) is 20.4 Å². The Hall–Kier alpha value is -3.60. The van der Waals surface area contributed by atoms with Crippen molar-refractivity contribution in [2.24, 2.45) is 5.92 Å². The average molecular weight is 387 g/mol. The van der Waals surface area contributed by atoms with Crippen LogP contribution in [0.4, 0.5) is 17.1 Å². The molecular weight excluding hydrogens is 362 g/mol. The van der Waals surface area contributed by atoms with Gasteiger partial charge in [-0.15, -0.1) is 0 Å². The molecule has 0 atom stereocenters. The van der Waals surface area contributed by atoms with E-state index in [1.165, 1.54) is 0 Å². The second kappa shape index (κ2) is 9.06. The van der Waals surface area contributed by atoms with Gasteiger partial charge in [0.15, 0.2) is 5.78 Å². The maximum atomic E-state index is 12.8. The predicted octanol–water partition coefficient (Wildman–Crippen LogP) is 4.97. The lowest BCUT2D eigenvalue weighted by Crippen LogP contribution is -2.15. The van der Waals surface area contributed by atoms with Gasteiger partial charge in [-0.2, -0.15) is 0 Å². The van der Waals surface area contributed by atoms with Gasteiger partial charge in [0.25, 0.3) is 5.91 Å². The summed E-state index contributed by atoms with van der Waals surface area (Å²) >= 11 is 0. The van der Waals surface area contributed by atoms with E-state index in [1.807, 2.05) is 50.2 Å². The third-order valence-electron chi connectivity index (χ3n) is 4.48. The zero-order valence-electron chi connectivity index (χ0n) is 16.6. The normalized spacial score (nSPS) is 10.6. The Morgan fingerprint density at radius 2 is 1.55 bits per heavy atom. The summed E-state index contributed by atoms with van der Waals surface area (Å²) in [5, 5.41) is 6.16. The fourth-order valence-corrected chi connectivity index (χ4v) is 2.98. The molecule has 0 aliphatic heterocycles. The quantitative estimate of drug-likeness (QED) is 0.395. The molecular formula is C24H25N3O2. The Morgan fingerprint density at radius 3 is 2.24 bits per heavy atom. The molecule has 0 fully saturated rings. The topological polar surface area (TPSA) is 84.2 Å². The maximum absolute atomic E-state index is 12.8. The van der Waals surface area contributed by atoms with Crippen molar-refractivity contribution < 1.29 is 9.59 Å². The molecule has 5 heteroatoms. The number of amides is 1. The summed E-state index contributed by atoms with van der Waals surface area (Å²) in [4.78, 5) is 25.4. The Bertz CT molecular complexity index is 1010. The fourth-order valence-electron chi connectivity index (χ4n) is 2.98. The number of rotatable bonds is 7. The number of nitrogens with one attached hydrogen (secondary N) is 2. The number of para-hydroxylation sites is 1. The molecule has 3 rings (SSSR count). The molecule has 0 aromatic heterocycles. The second-order valence-corrected chi connectivity index (χ2v) is 7.24. The number of hydrogen-bond donors (Lipinski definition) is 3. The number of benzene rings is 3. The fraction of sp³-hybridized carbons (Fsp3) is 0.167. The van der Waals surface area contributed by atoms with E-state index in [4.69, 9.17) is 5.73 Å². The zero-order valence-corrected chi connectivity index (χ0v) is 16.6. The van der Waals surface area contributed by atoms with Crippen LogP contribution >= 0.6 is 0 Å². The van der Waals surface area contributed by atoms with Gasteiger partial charge in [0.05, 0.1) is 0 Å². The Balaban J connectivity index is 1.87. The summed E-state index contributed by atoms with van der Waals surface area (Å²) in [6.45, 7) is 4.20. The zero-order chi connectivity index (χ0) is 20.8. The molecule has 0 unspecified atom stereocenters. The smallest absolute Gasteiger partial charge is 0.255 e. The molecule has 148 valence electrons. The molecule has 3 aromatic rings. The minimum absolute atomic E-state index is 0.00423. The van der Waals surface area contributed by atoms with Crippen molar-refractivity contribution >= 4 is 28.8 Å². The van der Waals surface area contributed by atoms with Crippen molar-refractivity contribution in [3.05, 3.63) is 89.5 Å². The van der Waals surface area contributed by atoms with Crippen LogP contribution in [-0.2, 0) is 6.54 Å². The molecule has 5 nitrogen and oxygen atoms in total. The van der Waals surface area contributed by atoms with Crippen molar-refractivity contribution in [1.82, 2.24) is 0 Å². The number of ketones is 1. The largest absolute Gasteiger partial charge is 0.399 e. The van der Waals surface area contributed by atoms with Crippen molar-refractivity contribution in [3.8, 4) is 0 Å². The van der Waals surface area contributed by atoms with Gasteiger partial charge in [0, 0.05) is 40.7 Å². The van der Waals surface area contributed by atoms with Gasteiger partial charge < -0.3 is 16.4 Å². The first-order valence-electron chi connectivity index (χ1n) is 9.56. The molecule has 0 saturated carbocycles. The molecule has 0 heterocycles. The van der Waals surface area contributed by atoms with E-state index in [2.05, 4.69) is 10.6 Å². The summed E-state index contributed by atoms with van der Waals surface area (Å²) in [5.74, 6) is -0.434. The van der Waals surface area contributed by atoms with Gasteiger partial charge in [-0.1, -0.05) is 38.1 Å². The Kier molecular flexibility index (Phi) is 6.29. The molecule has 0 spiro atoms. The minimum atomic E-state index is -0.282. The Morgan fingerprint density at radius 1 is 0.862 bits per heavy atom. The van der Waals surface area contributed by atoms with Gasteiger partial charge in [0.2, 0.25) is 0 Å². The van der Waals surface area contributed by atoms with Crippen molar-refractivity contribution in [1.29, 1.82) is 0 Å². The van der Waals surface area contributed by atoms with E-state index in [-0.39, 0.29) is 17.6 Å². The first-order valence-corrected chi connectivity index (χ1v) is 9.56. The van der Waals surface area contributed by atoms with Crippen LogP contribution in [0.1, 0.15) is 40.1 Å². The first kappa shape index (κ1) is 20.1. The predicted molar refractivity (Wildman–Crippen MR) is 118 cm³/mol. The van der Waals surface area contributed by atoms with Crippen molar-refractivity contribution in [3.63, 3.8) is 0 Å². The standard InChI is InChI=1S/C24H25N3O2/c1-16(2)23(28)18-11-17(15-26-21-8-4-3-5-9-21)12-19(13-18)24(29)27-22-10-6-7-20(25)14-22/h3-14,16,26H,15,25H2,1-2H3,(H,27,29). The van der Waals surface area contributed by atoms with Gasteiger partial charge >= 0.3 is 0 Å². The number of nitrogens with two attached hydrogens (primary N) is 1. The molecule has 0 aliphatic rings. The lowest BCUT2D eigenvalue weighted by atomic mass is 9.96. The molecule has 0 bridgehead atoms. The van der Waals surface area contributed by atoms with Crippen molar-refractivity contribution in [2.75, 3.05) is 16.4 Å². The van der Waals surface area contributed by atoms with Gasteiger partial charge in [-0.3, -0.25) is 9.59 Å². The van der Waals surface area contributed by atoms with Crippen LogP contribution in [0.2, 0.25) is 0 Å². The van der Waals surface area contributed by atoms with Gasteiger partial charge in [-0.25, -0.2) is 0 Å². The molecule has 0 aliphatic carbocycles. The summed E-state index contributed by atoms with van der Waals surface area (Å²) in [5.41, 5.74) is 9.76. The van der Waals surface area contributed by atoms with Crippen LogP contribution < -0.4 is 16.4 Å². The summed E-state index contributed by atoms with van der Waals surface area (Å²) in [6.07, 6.45) is 0. The van der Waals surface area contributed by atoms with Crippen LogP contribution in [-0.4, -0.2) is 11.7 Å². The van der Waals surface area contributed by atoms with E-state index in [0.717, 1.165) is 11.3 Å². The summed E-state index contributed by atoms with van der Waals surface area (Å²) in [6, 6.07) is 22.1. The van der Waals surface area contributed by atoms with E-state index in [0.29, 0.717) is 29.0 Å². The molecule has 1 amide bonds. The highest BCUT2D eigenvalue weighted by Crippen LogP contribution is 2.19. The summed E-state index contributed by atoms with van der Waals surface area (Å²) < 4.78 is 0. The highest BCUT2D eigenvalue weighted by Gasteiger charge is 2.16. The first-order chi connectivity index (χ1) is 13.9. The number of nitrogen functional groups attached to an aromatic ring is 1. The van der Waals surface area contributed by atoms with Gasteiger partial charge in [-0.05, 0) is 54.1 Å². The van der Waals surface area contributed by atoms with Crippen LogP contribution in [0.5, 0.6) is 0 Å². The molecule has 0 saturated heterocycles. The highest BCUT2D eigenvalue weighted by molar-refractivity contribution is 6.07. The number of carbonyl (C=O) groups excluding carboxylic acids is 2. The molecule has 4 N–H and O–H groups in total. The maximum Gasteiger partial charge on any atom is 0.255 e. The van der Waals surface area contributed by atoms with E-state index in [1.54, 1.807) is 36.4 Å².